The number of amides is 2. The fourth-order valence-electron chi connectivity index (χ4n) is 1.59. The molecule has 0 aliphatic carbocycles. The van der Waals surface area contributed by atoms with E-state index in [0.29, 0.717) is 0 Å². The van der Waals surface area contributed by atoms with Crippen molar-refractivity contribution in [2.75, 3.05) is 6.54 Å². The van der Waals surface area contributed by atoms with Crippen molar-refractivity contribution in [3.05, 3.63) is 34.3 Å². The molecule has 0 spiro atoms. The molecule has 7 heteroatoms. The van der Waals surface area contributed by atoms with Crippen LogP contribution < -0.4 is 5.73 Å². The molecule has 1 aromatic carbocycles. The van der Waals surface area contributed by atoms with Crippen LogP contribution in [0.4, 0.5) is 0 Å². The summed E-state index contributed by atoms with van der Waals surface area (Å²) in [4.78, 5) is 35.0. The molecule has 20 heavy (non-hydrogen) atoms. The number of halogens is 1. The average Bonchev–Trinajstić information content (AvgIpc) is 2.38. The Kier molecular flexibility index (Phi) is 5.69. The van der Waals surface area contributed by atoms with E-state index in [9.17, 15) is 14.4 Å². The Labute approximate surface area is 124 Å². The van der Waals surface area contributed by atoms with Crippen LogP contribution in [0.5, 0.6) is 0 Å². The van der Waals surface area contributed by atoms with Crippen molar-refractivity contribution in [1.29, 1.82) is 0 Å². The summed E-state index contributed by atoms with van der Waals surface area (Å²) in [5.74, 6) is -3.78. The van der Waals surface area contributed by atoms with Crippen molar-refractivity contribution in [3.63, 3.8) is 0 Å². The van der Waals surface area contributed by atoms with Crippen LogP contribution >= 0.6 is 15.9 Å². The lowest BCUT2D eigenvalue weighted by molar-refractivity contribution is -0.151. The molecular weight excluding hydrogens is 328 g/mol. The smallest absolute Gasteiger partial charge is 0.315 e. The van der Waals surface area contributed by atoms with E-state index < -0.39 is 23.7 Å². The Morgan fingerprint density at radius 2 is 1.85 bits per heavy atom. The van der Waals surface area contributed by atoms with Crippen LogP contribution in [0.2, 0.25) is 0 Å². The van der Waals surface area contributed by atoms with Gasteiger partial charge in [-0.3, -0.25) is 14.4 Å². The first kappa shape index (κ1) is 16.2. The summed E-state index contributed by atoms with van der Waals surface area (Å²) in [6, 6.07) is 7.14. The first-order valence-electron chi connectivity index (χ1n) is 5.85. The van der Waals surface area contributed by atoms with E-state index in [4.69, 9.17) is 10.8 Å². The number of primary amides is 1. The number of rotatable bonds is 6. The van der Waals surface area contributed by atoms with Crippen molar-refractivity contribution in [1.82, 2.24) is 4.90 Å². The fraction of sp³-hybridized carbons (Fsp3) is 0.308. The standard InChI is InChI=1S/C13H15BrN2O4/c1-8(13(19)20)12(18)16(7-11(15)17)6-9-2-4-10(14)5-3-9/h2-5,8H,6-7H2,1H3,(H2,15,17)(H,19,20). The largest absolute Gasteiger partial charge is 0.481 e. The van der Waals surface area contributed by atoms with Crippen LogP contribution in [0.25, 0.3) is 0 Å². The monoisotopic (exact) mass is 342 g/mol. The SMILES string of the molecule is CC(C(=O)O)C(=O)N(CC(N)=O)Cc1ccc(Br)cc1. The lowest BCUT2D eigenvalue weighted by atomic mass is 10.1. The Morgan fingerprint density at radius 3 is 2.30 bits per heavy atom. The van der Waals surface area contributed by atoms with Crippen LogP contribution in [0.15, 0.2) is 28.7 Å². The molecule has 0 radical (unpaired) electrons. The highest BCUT2D eigenvalue weighted by molar-refractivity contribution is 9.10. The van der Waals surface area contributed by atoms with Gasteiger partial charge in [0, 0.05) is 11.0 Å². The summed E-state index contributed by atoms with van der Waals surface area (Å²) < 4.78 is 0.882. The van der Waals surface area contributed by atoms with Gasteiger partial charge in [0.05, 0.1) is 6.54 Å². The zero-order valence-corrected chi connectivity index (χ0v) is 12.5. The lowest BCUT2D eigenvalue weighted by Gasteiger charge is -2.23. The number of hydrogen-bond acceptors (Lipinski definition) is 3. The predicted molar refractivity (Wildman–Crippen MR) is 75.6 cm³/mol. The maximum atomic E-state index is 12.0. The molecule has 3 N–H and O–H groups in total. The number of aliphatic carboxylic acids is 1. The summed E-state index contributed by atoms with van der Waals surface area (Å²) in [7, 11) is 0. The molecule has 0 aromatic heterocycles. The summed E-state index contributed by atoms with van der Waals surface area (Å²) in [5.41, 5.74) is 5.88. The first-order valence-corrected chi connectivity index (χ1v) is 6.65. The molecule has 0 fully saturated rings. The summed E-state index contributed by atoms with van der Waals surface area (Å²) >= 11 is 3.29. The number of benzene rings is 1. The molecule has 0 aliphatic heterocycles. The van der Waals surface area contributed by atoms with Gasteiger partial charge < -0.3 is 15.7 Å². The zero-order chi connectivity index (χ0) is 15.3. The van der Waals surface area contributed by atoms with Crippen molar-refractivity contribution < 1.29 is 19.5 Å². The highest BCUT2D eigenvalue weighted by Crippen LogP contribution is 2.13. The van der Waals surface area contributed by atoms with E-state index in [0.717, 1.165) is 14.9 Å². The Hall–Kier alpha value is -1.89. The maximum Gasteiger partial charge on any atom is 0.315 e. The summed E-state index contributed by atoms with van der Waals surface area (Å²) in [5, 5.41) is 8.87. The van der Waals surface area contributed by atoms with Gasteiger partial charge in [-0.1, -0.05) is 28.1 Å². The number of nitrogens with zero attached hydrogens (tertiary/aromatic N) is 1. The third kappa shape index (κ3) is 4.65. The Morgan fingerprint density at radius 1 is 1.30 bits per heavy atom. The fourth-order valence-corrected chi connectivity index (χ4v) is 1.85. The molecular formula is C13H15BrN2O4. The minimum Gasteiger partial charge on any atom is -0.481 e. The van der Waals surface area contributed by atoms with E-state index in [1.807, 2.05) is 0 Å². The van der Waals surface area contributed by atoms with E-state index in [1.54, 1.807) is 24.3 Å². The zero-order valence-electron chi connectivity index (χ0n) is 10.9. The molecule has 2 amide bonds. The predicted octanol–water partition coefficient (Wildman–Crippen LogP) is 0.984. The molecule has 0 saturated heterocycles. The van der Waals surface area contributed by atoms with Crippen LogP contribution in [-0.4, -0.2) is 34.3 Å². The van der Waals surface area contributed by atoms with Crippen molar-refractivity contribution in [2.45, 2.75) is 13.5 Å². The van der Waals surface area contributed by atoms with Gasteiger partial charge >= 0.3 is 5.97 Å². The van der Waals surface area contributed by atoms with Gasteiger partial charge in [-0.05, 0) is 24.6 Å². The van der Waals surface area contributed by atoms with Gasteiger partial charge in [-0.2, -0.15) is 0 Å². The quantitative estimate of drug-likeness (QED) is 0.752. The highest BCUT2D eigenvalue weighted by Gasteiger charge is 2.27. The number of carboxylic acids is 1. The molecule has 1 aromatic rings. The van der Waals surface area contributed by atoms with E-state index in [1.165, 1.54) is 6.92 Å². The van der Waals surface area contributed by atoms with Gasteiger partial charge in [-0.15, -0.1) is 0 Å². The minimum absolute atomic E-state index is 0.132. The third-order valence-corrected chi connectivity index (χ3v) is 3.21. The van der Waals surface area contributed by atoms with Gasteiger partial charge in [0.2, 0.25) is 11.8 Å². The molecule has 108 valence electrons. The Balaban J connectivity index is 2.89. The molecule has 1 unspecified atom stereocenters. The van der Waals surface area contributed by atoms with Crippen LogP contribution in [0, 0.1) is 5.92 Å². The van der Waals surface area contributed by atoms with E-state index in [-0.39, 0.29) is 13.1 Å². The minimum atomic E-state index is -1.24. The third-order valence-electron chi connectivity index (χ3n) is 2.69. The van der Waals surface area contributed by atoms with Gasteiger partial charge in [-0.25, -0.2) is 0 Å². The van der Waals surface area contributed by atoms with Gasteiger partial charge in [0.25, 0.3) is 0 Å². The van der Waals surface area contributed by atoms with Crippen molar-refractivity contribution >= 4 is 33.7 Å². The molecule has 0 bridgehead atoms. The van der Waals surface area contributed by atoms with E-state index >= 15 is 0 Å². The summed E-state index contributed by atoms with van der Waals surface area (Å²) in [6.45, 7) is 1.10. The van der Waals surface area contributed by atoms with Gasteiger partial charge in [0.15, 0.2) is 0 Å². The maximum absolute atomic E-state index is 12.0. The van der Waals surface area contributed by atoms with Crippen LogP contribution in [-0.2, 0) is 20.9 Å². The number of carboxylic acid groups (broad SMARTS) is 1. The van der Waals surface area contributed by atoms with Crippen LogP contribution in [0.1, 0.15) is 12.5 Å². The molecule has 1 atom stereocenters. The van der Waals surface area contributed by atoms with Crippen molar-refractivity contribution in [2.24, 2.45) is 11.7 Å². The molecule has 1 rings (SSSR count). The Bertz CT molecular complexity index is 516. The number of hydrogen-bond donors (Lipinski definition) is 2. The lowest BCUT2D eigenvalue weighted by Crippen LogP contribution is -2.42. The van der Waals surface area contributed by atoms with Crippen molar-refractivity contribution in [3.8, 4) is 0 Å². The molecule has 0 aliphatic rings. The molecule has 0 saturated carbocycles. The first-order chi connectivity index (χ1) is 9.31. The molecule has 0 heterocycles. The normalized spacial score (nSPS) is 11.7. The summed E-state index contributed by atoms with van der Waals surface area (Å²) in [6.07, 6.45) is 0. The second-order valence-electron chi connectivity index (χ2n) is 4.35. The van der Waals surface area contributed by atoms with Gasteiger partial charge in [0.1, 0.15) is 5.92 Å². The van der Waals surface area contributed by atoms with E-state index in [2.05, 4.69) is 15.9 Å². The highest BCUT2D eigenvalue weighted by atomic mass is 79.9. The average molecular weight is 343 g/mol. The second kappa shape index (κ2) is 7.04. The molecule has 6 nitrogen and oxygen atoms in total. The number of nitrogens with two attached hydrogens (primary N) is 1. The topological polar surface area (TPSA) is 101 Å². The second-order valence-corrected chi connectivity index (χ2v) is 5.26. The number of carbonyl (C=O) groups is 3. The number of carbonyl (C=O) groups excluding carboxylic acids is 2. The van der Waals surface area contributed by atoms with Crippen LogP contribution in [0.3, 0.4) is 0 Å².